The van der Waals surface area contributed by atoms with E-state index in [2.05, 4.69) is 15.0 Å². The Morgan fingerprint density at radius 2 is 2.04 bits per heavy atom. The third-order valence-corrected chi connectivity index (χ3v) is 4.36. The normalized spacial score (nSPS) is 10.6. The van der Waals surface area contributed by atoms with Crippen LogP contribution in [0.4, 0.5) is 4.79 Å². The summed E-state index contributed by atoms with van der Waals surface area (Å²) in [6.07, 6.45) is 0.468. The molecule has 2 amide bonds. The molecule has 0 radical (unpaired) electrons. The molecule has 0 aliphatic rings. The van der Waals surface area contributed by atoms with Crippen molar-refractivity contribution in [2.45, 2.75) is 13.5 Å². The molecule has 0 aliphatic carbocycles. The molecule has 128 valence electrons. The van der Waals surface area contributed by atoms with E-state index in [-0.39, 0.29) is 18.7 Å². The summed E-state index contributed by atoms with van der Waals surface area (Å²) in [6.45, 7) is 1.47. The SMILES string of the molecule is CCOC(=O)NC(=O)Cn1cnc2scc(-c3ccccc3)c2c1=O. The Morgan fingerprint density at radius 1 is 1.28 bits per heavy atom. The van der Waals surface area contributed by atoms with Crippen LogP contribution in [-0.2, 0) is 16.1 Å². The third-order valence-electron chi connectivity index (χ3n) is 3.48. The fourth-order valence-electron chi connectivity index (χ4n) is 2.39. The molecule has 0 aliphatic heterocycles. The van der Waals surface area contributed by atoms with Crippen molar-refractivity contribution in [3.8, 4) is 11.1 Å². The van der Waals surface area contributed by atoms with Crippen LogP contribution >= 0.6 is 11.3 Å². The van der Waals surface area contributed by atoms with Crippen molar-refractivity contribution in [2.24, 2.45) is 0 Å². The Morgan fingerprint density at radius 3 is 2.76 bits per heavy atom. The molecule has 3 aromatic rings. The first-order valence-corrected chi connectivity index (χ1v) is 8.46. The highest BCUT2D eigenvalue weighted by Crippen LogP contribution is 2.30. The van der Waals surface area contributed by atoms with Crippen LogP contribution in [0.3, 0.4) is 0 Å². The molecule has 0 bridgehead atoms. The predicted molar refractivity (Wildman–Crippen MR) is 94.5 cm³/mol. The molecule has 1 N–H and O–H groups in total. The van der Waals surface area contributed by atoms with Gasteiger partial charge in [0.2, 0.25) is 5.91 Å². The van der Waals surface area contributed by atoms with Crippen LogP contribution in [0, 0.1) is 0 Å². The first kappa shape index (κ1) is 16.8. The summed E-state index contributed by atoms with van der Waals surface area (Å²) < 4.78 is 5.82. The van der Waals surface area contributed by atoms with Crippen molar-refractivity contribution < 1.29 is 14.3 Å². The van der Waals surface area contributed by atoms with E-state index in [9.17, 15) is 14.4 Å². The van der Waals surface area contributed by atoms with Gasteiger partial charge in [0.05, 0.1) is 18.3 Å². The summed E-state index contributed by atoms with van der Waals surface area (Å²) in [5.41, 5.74) is 1.35. The number of fused-ring (bicyclic) bond motifs is 1. The van der Waals surface area contributed by atoms with Crippen LogP contribution in [-0.4, -0.2) is 28.2 Å². The molecule has 0 fully saturated rings. The lowest BCUT2D eigenvalue weighted by atomic mass is 10.1. The highest BCUT2D eigenvalue weighted by Gasteiger charge is 2.15. The Balaban J connectivity index is 1.93. The summed E-state index contributed by atoms with van der Waals surface area (Å²) in [5.74, 6) is -0.641. The van der Waals surface area contributed by atoms with Crippen molar-refractivity contribution in [2.75, 3.05) is 6.61 Å². The van der Waals surface area contributed by atoms with Gasteiger partial charge in [0.25, 0.3) is 5.56 Å². The van der Waals surface area contributed by atoms with Gasteiger partial charge in [0, 0.05) is 10.9 Å². The fraction of sp³-hybridized carbons (Fsp3) is 0.176. The van der Waals surface area contributed by atoms with Crippen LogP contribution in [0.2, 0.25) is 0 Å². The number of benzene rings is 1. The van der Waals surface area contributed by atoms with Gasteiger partial charge in [0.15, 0.2) is 0 Å². The average Bonchev–Trinajstić information content (AvgIpc) is 3.03. The number of imide groups is 1. The number of alkyl carbamates (subject to hydrolysis) is 1. The number of thiophene rings is 1. The van der Waals surface area contributed by atoms with Gasteiger partial charge in [-0.2, -0.15) is 0 Å². The standard InChI is InChI=1S/C17H15N3O4S/c1-2-24-17(23)19-13(21)8-20-10-18-15-14(16(20)22)12(9-25-15)11-6-4-3-5-7-11/h3-7,9-10H,2,8H2,1H3,(H,19,21,23). The highest BCUT2D eigenvalue weighted by atomic mass is 32.1. The number of amides is 2. The number of hydrogen-bond donors (Lipinski definition) is 1. The van der Waals surface area contributed by atoms with Crippen molar-refractivity contribution in [1.82, 2.24) is 14.9 Å². The molecule has 0 unspecified atom stereocenters. The average molecular weight is 357 g/mol. The van der Waals surface area contributed by atoms with Gasteiger partial charge < -0.3 is 4.74 Å². The van der Waals surface area contributed by atoms with Crippen LogP contribution in [0.5, 0.6) is 0 Å². The molecule has 25 heavy (non-hydrogen) atoms. The van der Waals surface area contributed by atoms with Gasteiger partial charge in [-0.15, -0.1) is 11.3 Å². The van der Waals surface area contributed by atoms with Gasteiger partial charge in [-0.25, -0.2) is 9.78 Å². The first-order valence-electron chi connectivity index (χ1n) is 7.58. The summed E-state index contributed by atoms with van der Waals surface area (Å²) in [5, 5.41) is 4.39. The number of aromatic nitrogens is 2. The number of rotatable bonds is 4. The van der Waals surface area contributed by atoms with Crippen molar-refractivity contribution in [1.29, 1.82) is 0 Å². The van der Waals surface area contributed by atoms with E-state index in [4.69, 9.17) is 0 Å². The van der Waals surface area contributed by atoms with Crippen LogP contribution in [0.25, 0.3) is 21.3 Å². The lowest BCUT2D eigenvalue weighted by molar-refractivity contribution is -0.121. The molecular formula is C17H15N3O4S. The van der Waals surface area contributed by atoms with E-state index < -0.39 is 12.0 Å². The molecule has 3 rings (SSSR count). The number of carbonyl (C=O) groups is 2. The molecule has 0 atom stereocenters. The molecule has 0 saturated carbocycles. The summed E-state index contributed by atoms with van der Waals surface area (Å²) in [4.78, 5) is 40.8. The molecule has 1 aromatic carbocycles. The first-order chi connectivity index (χ1) is 12.1. The number of nitrogens with one attached hydrogen (secondary N) is 1. The summed E-state index contributed by atoms with van der Waals surface area (Å²) in [7, 11) is 0. The number of ether oxygens (including phenoxy) is 1. The maximum absolute atomic E-state index is 12.8. The Labute approximate surface area is 146 Å². The van der Waals surface area contributed by atoms with Crippen LogP contribution in [0.1, 0.15) is 6.92 Å². The fourth-order valence-corrected chi connectivity index (χ4v) is 3.29. The third kappa shape index (κ3) is 3.58. The molecule has 0 spiro atoms. The molecule has 0 saturated heterocycles. The smallest absolute Gasteiger partial charge is 0.413 e. The van der Waals surface area contributed by atoms with Crippen LogP contribution < -0.4 is 10.9 Å². The quantitative estimate of drug-likeness (QED) is 0.774. The largest absolute Gasteiger partial charge is 0.450 e. The lowest BCUT2D eigenvalue weighted by Gasteiger charge is -2.07. The summed E-state index contributed by atoms with van der Waals surface area (Å²) in [6, 6.07) is 9.49. The second-order valence-electron chi connectivity index (χ2n) is 5.14. The molecule has 2 aromatic heterocycles. The number of carbonyl (C=O) groups excluding carboxylic acids is 2. The molecule has 7 nitrogen and oxygen atoms in total. The van der Waals surface area contributed by atoms with E-state index in [1.165, 1.54) is 22.2 Å². The monoisotopic (exact) mass is 357 g/mol. The topological polar surface area (TPSA) is 90.3 Å². The highest BCUT2D eigenvalue weighted by molar-refractivity contribution is 7.17. The molecule has 2 heterocycles. The van der Waals surface area contributed by atoms with E-state index in [0.29, 0.717) is 10.2 Å². The zero-order valence-electron chi connectivity index (χ0n) is 13.4. The van der Waals surface area contributed by atoms with Gasteiger partial charge in [0.1, 0.15) is 11.4 Å². The molecular weight excluding hydrogens is 342 g/mol. The summed E-state index contributed by atoms with van der Waals surface area (Å²) >= 11 is 1.37. The number of hydrogen-bond acceptors (Lipinski definition) is 6. The van der Waals surface area contributed by atoms with Gasteiger partial charge in [-0.3, -0.25) is 19.5 Å². The second kappa shape index (κ2) is 7.27. The van der Waals surface area contributed by atoms with Gasteiger partial charge in [-0.05, 0) is 12.5 Å². The Kier molecular flexibility index (Phi) is 4.90. The van der Waals surface area contributed by atoms with Crippen molar-refractivity contribution >= 4 is 33.6 Å². The van der Waals surface area contributed by atoms with Gasteiger partial charge in [-0.1, -0.05) is 30.3 Å². The van der Waals surface area contributed by atoms with E-state index in [1.807, 2.05) is 35.7 Å². The lowest BCUT2D eigenvalue weighted by Crippen LogP contribution is -2.36. The number of nitrogens with zero attached hydrogens (tertiary/aromatic N) is 2. The minimum Gasteiger partial charge on any atom is -0.450 e. The zero-order chi connectivity index (χ0) is 17.8. The minimum absolute atomic E-state index is 0.155. The van der Waals surface area contributed by atoms with E-state index in [0.717, 1.165) is 11.1 Å². The maximum Gasteiger partial charge on any atom is 0.413 e. The molecule has 8 heteroatoms. The van der Waals surface area contributed by atoms with Crippen LogP contribution in [0.15, 0.2) is 46.8 Å². The zero-order valence-corrected chi connectivity index (χ0v) is 14.2. The maximum atomic E-state index is 12.8. The Bertz CT molecular complexity index is 978. The van der Waals surface area contributed by atoms with Crippen molar-refractivity contribution in [3.63, 3.8) is 0 Å². The second-order valence-corrected chi connectivity index (χ2v) is 6.00. The Hall–Kier alpha value is -3.00. The van der Waals surface area contributed by atoms with Gasteiger partial charge >= 0.3 is 6.09 Å². The van der Waals surface area contributed by atoms with Crippen molar-refractivity contribution in [3.05, 3.63) is 52.4 Å². The predicted octanol–water partition coefficient (Wildman–Crippen LogP) is 2.40. The van der Waals surface area contributed by atoms with E-state index >= 15 is 0 Å². The van der Waals surface area contributed by atoms with E-state index in [1.54, 1.807) is 6.92 Å². The minimum atomic E-state index is -0.838.